The number of carbonyl (C=O) groups is 2. The first-order valence-corrected chi connectivity index (χ1v) is 11.6. The molecule has 0 saturated carbocycles. The van der Waals surface area contributed by atoms with Crippen molar-refractivity contribution in [3.05, 3.63) is 103 Å². The fourth-order valence-corrected chi connectivity index (χ4v) is 4.39. The third kappa shape index (κ3) is 5.64. The maximum absolute atomic E-state index is 12.9. The van der Waals surface area contributed by atoms with Crippen molar-refractivity contribution in [3.63, 3.8) is 0 Å². The molecule has 35 heavy (non-hydrogen) atoms. The molecule has 10 heteroatoms. The molecule has 3 aromatic carbocycles. The van der Waals surface area contributed by atoms with Gasteiger partial charge < -0.3 is 9.47 Å². The van der Waals surface area contributed by atoms with Gasteiger partial charge in [0, 0.05) is 22.7 Å². The Bertz CT molecular complexity index is 1330. The van der Waals surface area contributed by atoms with Crippen molar-refractivity contribution < 1.29 is 24.0 Å². The van der Waals surface area contributed by atoms with Gasteiger partial charge in [0.2, 0.25) is 0 Å². The maximum atomic E-state index is 12.9. The van der Waals surface area contributed by atoms with E-state index in [1.807, 2.05) is 18.2 Å². The number of hydrogen-bond donors (Lipinski definition) is 0. The summed E-state index contributed by atoms with van der Waals surface area (Å²) in [5.74, 6) is 0.545. The quantitative estimate of drug-likeness (QED) is 0.206. The van der Waals surface area contributed by atoms with Crippen molar-refractivity contribution in [1.29, 1.82) is 0 Å². The highest BCUT2D eigenvalue weighted by atomic mass is 35.5. The number of nitro groups is 1. The van der Waals surface area contributed by atoms with Crippen molar-refractivity contribution in [2.24, 2.45) is 0 Å². The summed E-state index contributed by atoms with van der Waals surface area (Å²) in [7, 11) is 1.51. The molecule has 0 atom stereocenters. The van der Waals surface area contributed by atoms with Gasteiger partial charge in [0.05, 0.1) is 23.5 Å². The number of imide groups is 1. The van der Waals surface area contributed by atoms with Gasteiger partial charge in [-0.3, -0.25) is 24.6 Å². The lowest BCUT2D eigenvalue weighted by Gasteiger charge is -2.13. The molecule has 8 nitrogen and oxygen atoms in total. The van der Waals surface area contributed by atoms with Crippen LogP contribution in [0.2, 0.25) is 5.02 Å². The Hall–Kier alpha value is -3.82. The summed E-state index contributed by atoms with van der Waals surface area (Å²) in [6, 6.07) is 18.3. The summed E-state index contributed by atoms with van der Waals surface area (Å²) in [4.78, 5) is 37.0. The fraction of sp³-hybridized carbons (Fsp3) is 0.120. The molecule has 4 rings (SSSR count). The highest BCUT2D eigenvalue weighted by molar-refractivity contribution is 8.18. The van der Waals surface area contributed by atoms with E-state index in [9.17, 15) is 19.7 Å². The van der Waals surface area contributed by atoms with Crippen LogP contribution in [0.15, 0.2) is 71.6 Å². The Kier molecular flexibility index (Phi) is 7.38. The number of amides is 2. The van der Waals surface area contributed by atoms with Crippen LogP contribution in [0, 0.1) is 10.1 Å². The number of ether oxygens (including phenoxy) is 2. The van der Waals surface area contributed by atoms with Gasteiger partial charge in [-0.2, -0.15) is 0 Å². The number of hydrogen-bond acceptors (Lipinski definition) is 7. The van der Waals surface area contributed by atoms with Gasteiger partial charge in [-0.1, -0.05) is 48.0 Å². The average molecular weight is 511 g/mol. The zero-order valence-electron chi connectivity index (χ0n) is 18.5. The second-order valence-corrected chi connectivity index (χ2v) is 8.88. The third-order valence-corrected chi connectivity index (χ3v) is 6.46. The largest absolute Gasteiger partial charge is 0.493 e. The minimum atomic E-state index is -0.506. The molecule has 1 heterocycles. The van der Waals surface area contributed by atoms with Gasteiger partial charge in [-0.05, 0) is 47.2 Å². The molecule has 0 N–H and O–H groups in total. The summed E-state index contributed by atoms with van der Waals surface area (Å²) in [5.41, 5.74) is 2.05. The lowest BCUT2D eigenvalue weighted by Crippen LogP contribution is -2.27. The van der Waals surface area contributed by atoms with Crippen LogP contribution in [-0.4, -0.2) is 28.1 Å². The van der Waals surface area contributed by atoms with Crippen molar-refractivity contribution in [1.82, 2.24) is 4.90 Å². The number of thioether (sulfide) groups is 1. The van der Waals surface area contributed by atoms with E-state index in [0.29, 0.717) is 27.6 Å². The molecule has 0 radical (unpaired) electrons. The van der Waals surface area contributed by atoms with E-state index in [4.69, 9.17) is 21.1 Å². The zero-order chi connectivity index (χ0) is 24.9. The van der Waals surface area contributed by atoms with Crippen molar-refractivity contribution in [3.8, 4) is 11.5 Å². The molecule has 0 aromatic heterocycles. The minimum Gasteiger partial charge on any atom is -0.493 e. The molecule has 0 aliphatic carbocycles. The standard InChI is InChI=1S/C25H19ClN2O6S/c1-33-22-12-17(8-11-21(22)34-15-18-4-2-3-5-20(18)26)13-23-24(29)27(25(30)35-23)14-16-6-9-19(10-7-16)28(31)32/h2-13H,14-15H2,1H3/b23-13+. The van der Waals surface area contributed by atoms with E-state index in [1.165, 1.54) is 31.4 Å². The molecule has 1 saturated heterocycles. The summed E-state index contributed by atoms with van der Waals surface area (Å²) in [5, 5.41) is 11.0. The van der Waals surface area contributed by atoms with Gasteiger partial charge in [-0.15, -0.1) is 0 Å². The molecule has 1 fully saturated rings. The highest BCUT2D eigenvalue weighted by Crippen LogP contribution is 2.35. The van der Waals surface area contributed by atoms with Crippen LogP contribution in [0.4, 0.5) is 10.5 Å². The predicted octanol–water partition coefficient (Wildman–Crippen LogP) is 6.07. The molecule has 1 aliphatic heterocycles. The van der Waals surface area contributed by atoms with Crippen LogP contribution in [0.3, 0.4) is 0 Å². The van der Waals surface area contributed by atoms with Crippen molar-refractivity contribution in [2.45, 2.75) is 13.2 Å². The number of nitro benzene ring substituents is 1. The maximum Gasteiger partial charge on any atom is 0.293 e. The molecular formula is C25H19ClN2O6S. The molecule has 178 valence electrons. The van der Waals surface area contributed by atoms with Crippen LogP contribution in [0.1, 0.15) is 16.7 Å². The summed E-state index contributed by atoms with van der Waals surface area (Å²) < 4.78 is 11.3. The number of carbonyl (C=O) groups excluding carboxylic acids is 2. The van der Waals surface area contributed by atoms with Gasteiger partial charge in [0.1, 0.15) is 6.61 Å². The van der Waals surface area contributed by atoms with E-state index in [2.05, 4.69) is 0 Å². The van der Waals surface area contributed by atoms with Crippen LogP contribution in [0.5, 0.6) is 11.5 Å². The second-order valence-electron chi connectivity index (χ2n) is 7.48. The lowest BCUT2D eigenvalue weighted by atomic mass is 10.1. The van der Waals surface area contributed by atoms with E-state index in [-0.39, 0.29) is 23.7 Å². The molecular weight excluding hydrogens is 492 g/mol. The third-order valence-electron chi connectivity index (χ3n) is 5.19. The first kappa shape index (κ1) is 24.3. The Labute approximate surface area is 210 Å². The Balaban J connectivity index is 1.47. The number of halogens is 1. The number of benzene rings is 3. The second kappa shape index (κ2) is 10.6. The number of methoxy groups -OCH3 is 1. The number of non-ortho nitro benzene ring substituents is 1. The smallest absolute Gasteiger partial charge is 0.293 e. The molecule has 2 amide bonds. The molecule has 1 aliphatic rings. The molecule has 0 unspecified atom stereocenters. The Morgan fingerprint density at radius 1 is 1.06 bits per heavy atom. The first-order chi connectivity index (χ1) is 16.9. The molecule has 0 spiro atoms. The van der Waals surface area contributed by atoms with E-state index in [1.54, 1.807) is 30.3 Å². The van der Waals surface area contributed by atoms with E-state index >= 15 is 0 Å². The minimum absolute atomic E-state index is 0.0259. The molecule has 3 aromatic rings. The normalized spacial score (nSPS) is 14.5. The number of nitrogens with zero attached hydrogens (tertiary/aromatic N) is 2. The highest BCUT2D eigenvalue weighted by Gasteiger charge is 2.35. The van der Waals surface area contributed by atoms with Gasteiger partial charge in [0.15, 0.2) is 11.5 Å². The van der Waals surface area contributed by atoms with Crippen LogP contribution < -0.4 is 9.47 Å². The Morgan fingerprint density at radius 3 is 2.49 bits per heavy atom. The SMILES string of the molecule is COc1cc(/C=C2/SC(=O)N(Cc3ccc([N+](=O)[O-])cc3)C2=O)ccc1OCc1ccccc1Cl. The van der Waals surface area contributed by atoms with Crippen molar-refractivity contribution in [2.75, 3.05) is 7.11 Å². The first-order valence-electron chi connectivity index (χ1n) is 10.4. The summed E-state index contributed by atoms with van der Waals surface area (Å²) in [6.07, 6.45) is 1.61. The summed E-state index contributed by atoms with van der Waals surface area (Å²) >= 11 is 7.01. The van der Waals surface area contributed by atoms with Gasteiger partial charge in [-0.25, -0.2) is 0 Å². The lowest BCUT2D eigenvalue weighted by molar-refractivity contribution is -0.384. The molecule has 0 bridgehead atoms. The summed E-state index contributed by atoms with van der Waals surface area (Å²) in [6.45, 7) is 0.287. The van der Waals surface area contributed by atoms with E-state index in [0.717, 1.165) is 22.2 Å². The van der Waals surface area contributed by atoms with Crippen molar-refractivity contribution >= 4 is 46.3 Å². The average Bonchev–Trinajstić information content (AvgIpc) is 3.11. The predicted molar refractivity (Wildman–Crippen MR) is 133 cm³/mol. The topological polar surface area (TPSA) is 99.0 Å². The van der Waals surface area contributed by atoms with Crippen LogP contribution >= 0.6 is 23.4 Å². The number of rotatable bonds is 8. The van der Waals surface area contributed by atoms with Gasteiger partial charge in [0.25, 0.3) is 16.8 Å². The van der Waals surface area contributed by atoms with Crippen LogP contribution in [0.25, 0.3) is 6.08 Å². The fourth-order valence-electron chi connectivity index (χ4n) is 3.36. The van der Waals surface area contributed by atoms with Crippen LogP contribution in [-0.2, 0) is 17.9 Å². The van der Waals surface area contributed by atoms with E-state index < -0.39 is 16.1 Å². The Morgan fingerprint density at radius 2 is 1.80 bits per heavy atom. The van der Waals surface area contributed by atoms with Gasteiger partial charge >= 0.3 is 0 Å². The monoisotopic (exact) mass is 510 g/mol. The zero-order valence-corrected chi connectivity index (χ0v) is 20.0.